The molecule has 2 aromatic heterocycles. The fourth-order valence-corrected chi connectivity index (χ4v) is 8.04. The molecule has 0 saturated carbocycles. The molecule has 0 atom stereocenters. The Morgan fingerprint density at radius 1 is 0.353 bits per heavy atom. The van der Waals surface area contributed by atoms with E-state index in [4.69, 9.17) is 9.97 Å². The summed E-state index contributed by atoms with van der Waals surface area (Å²) in [7, 11) is 0. The largest absolute Gasteiger partial charge is 0.311 e. The molecule has 2 aliphatic rings. The molecule has 8 aromatic rings. The van der Waals surface area contributed by atoms with E-state index in [9.17, 15) is 0 Å². The molecule has 6 aromatic carbocycles. The summed E-state index contributed by atoms with van der Waals surface area (Å²) in [5, 5.41) is 0. The number of hydrogen-bond donors (Lipinski definition) is 0. The SMILES string of the molecule is c1ccc(-c2ccnc(-c3ccccc3N3c4ccccc4B4c5ccccc5N(c5ccccc5-c5ccccn5)c5cccc3c54)c2)cc1. The lowest BCUT2D eigenvalue weighted by Crippen LogP contribution is -2.61. The topological polar surface area (TPSA) is 32.3 Å². The summed E-state index contributed by atoms with van der Waals surface area (Å²) < 4.78 is 0. The Labute approximate surface area is 298 Å². The molecule has 51 heavy (non-hydrogen) atoms. The van der Waals surface area contributed by atoms with E-state index in [1.54, 1.807) is 0 Å². The predicted octanol–water partition coefficient (Wildman–Crippen LogP) is 9.56. The summed E-state index contributed by atoms with van der Waals surface area (Å²) in [6, 6.07) is 62.8. The van der Waals surface area contributed by atoms with E-state index in [1.165, 1.54) is 39.0 Å². The second-order valence-electron chi connectivity index (χ2n) is 13.0. The van der Waals surface area contributed by atoms with Crippen molar-refractivity contribution < 1.29 is 0 Å². The highest BCUT2D eigenvalue weighted by Gasteiger charge is 2.43. The maximum atomic E-state index is 4.94. The van der Waals surface area contributed by atoms with Crippen LogP contribution in [-0.2, 0) is 0 Å². The van der Waals surface area contributed by atoms with Gasteiger partial charge in [0.1, 0.15) is 0 Å². The predicted molar refractivity (Wildman–Crippen MR) is 212 cm³/mol. The molecule has 0 radical (unpaired) electrons. The second-order valence-corrected chi connectivity index (χ2v) is 13.0. The van der Waals surface area contributed by atoms with Gasteiger partial charge < -0.3 is 9.80 Å². The number of aromatic nitrogens is 2. The van der Waals surface area contributed by atoms with Crippen LogP contribution in [0.1, 0.15) is 0 Å². The van der Waals surface area contributed by atoms with Crippen molar-refractivity contribution in [2.45, 2.75) is 0 Å². The summed E-state index contributed by atoms with van der Waals surface area (Å²) in [5.74, 6) is 0. The minimum Gasteiger partial charge on any atom is -0.311 e. The number of hydrogen-bond acceptors (Lipinski definition) is 4. The molecule has 10 rings (SSSR count). The lowest BCUT2D eigenvalue weighted by Gasteiger charge is -2.44. The number of para-hydroxylation sites is 4. The van der Waals surface area contributed by atoms with Crippen molar-refractivity contribution in [3.8, 4) is 33.6 Å². The smallest absolute Gasteiger partial charge is 0.252 e. The van der Waals surface area contributed by atoms with E-state index in [0.717, 1.165) is 45.1 Å². The quantitative estimate of drug-likeness (QED) is 0.174. The Kier molecular flexibility index (Phi) is 6.88. The second kappa shape index (κ2) is 12.0. The first kappa shape index (κ1) is 29.2. The van der Waals surface area contributed by atoms with Crippen molar-refractivity contribution in [3.63, 3.8) is 0 Å². The average molecular weight is 651 g/mol. The van der Waals surface area contributed by atoms with Crippen LogP contribution in [-0.4, -0.2) is 16.7 Å². The zero-order valence-electron chi connectivity index (χ0n) is 27.8. The molecule has 0 spiro atoms. The van der Waals surface area contributed by atoms with Crippen LogP contribution in [0.2, 0.25) is 0 Å². The molecule has 0 amide bonds. The maximum Gasteiger partial charge on any atom is 0.252 e. The summed E-state index contributed by atoms with van der Waals surface area (Å²) in [6.45, 7) is 0.0600. The molecule has 238 valence electrons. The van der Waals surface area contributed by atoms with E-state index in [2.05, 4.69) is 180 Å². The third-order valence-electron chi connectivity index (χ3n) is 10.2. The summed E-state index contributed by atoms with van der Waals surface area (Å²) in [5.41, 5.74) is 17.1. The third-order valence-corrected chi connectivity index (χ3v) is 10.2. The number of nitrogens with zero attached hydrogens (tertiary/aromatic N) is 4. The average Bonchev–Trinajstić information content (AvgIpc) is 3.21. The van der Waals surface area contributed by atoms with Crippen molar-refractivity contribution in [2.75, 3.05) is 9.80 Å². The monoisotopic (exact) mass is 650 g/mol. The minimum absolute atomic E-state index is 0.0600. The van der Waals surface area contributed by atoms with Gasteiger partial charge >= 0.3 is 0 Å². The third kappa shape index (κ3) is 4.70. The van der Waals surface area contributed by atoms with Gasteiger partial charge in [0.05, 0.1) is 22.8 Å². The minimum atomic E-state index is 0.0600. The number of rotatable bonds is 5. The van der Waals surface area contributed by atoms with Gasteiger partial charge in [-0.25, -0.2) is 0 Å². The van der Waals surface area contributed by atoms with Crippen LogP contribution in [0.5, 0.6) is 0 Å². The van der Waals surface area contributed by atoms with Crippen LogP contribution in [0.4, 0.5) is 34.1 Å². The van der Waals surface area contributed by atoms with Gasteiger partial charge in [0.25, 0.3) is 6.71 Å². The van der Waals surface area contributed by atoms with Crippen molar-refractivity contribution >= 4 is 57.2 Å². The van der Waals surface area contributed by atoms with Crippen molar-refractivity contribution in [3.05, 3.63) is 188 Å². The van der Waals surface area contributed by atoms with Gasteiger partial charge in [0.2, 0.25) is 0 Å². The Hall–Kier alpha value is -6.72. The zero-order chi connectivity index (χ0) is 33.7. The van der Waals surface area contributed by atoms with Crippen LogP contribution in [0, 0.1) is 0 Å². The first-order valence-electron chi connectivity index (χ1n) is 17.4. The van der Waals surface area contributed by atoms with Gasteiger partial charge in [-0.2, -0.15) is 0 Å². The first-order chi connectivity index (χ1) is 25.3. The molecular formula is C46H31BN4. The Bertz CT molecular complexity index is 2570. The highest BCUT2D eigenvalue weighted by Crippen LogP contribution is 2.47. The van der Waals surface area contributed by atoms with Crippen LogP contribution in [0.3, 0.4) is 0 Å². The van der Waals surface area contributed by atoms with Crippen LogP contribution >= 0.6 is 0 Å². The van der Waals surface area contributed by atoms with Crippen LogP contribution < -0.4 is 26.2 Å². The molecule has 0 fully saturated rings. The summed E-state index contributed by atoms with van der Waals surface area (Å²) in [6.07, 6.45) is 3.79. The lowest BCUT2D eigenvalue weighted by molar-refractivity contribution is 1.24. The Morgan fingerprint density at radius 3 is 1.49 bits per heavy atom. The summed E-state index contributed by atoms with van der Waals surface area (Å²) in [4.78, 5) is 14.6. The van der Waals surface area contributed by atoms with Crippen LogP contribution in [0.25, 0.3) is 33.6 Å². The van der Waals surface area contributed by atoms with Crippen molar-refractivity contribution in [1.29, 1.82) is 0 Å². The molecule has 4 nitrogen and oxygen atoms in total. The van der Waals surface area contributed by atoms with Gasteiger partial charge in [-0.15, -0.1) is 0 Å². The molecule has 2 aliphatic heterocycles. The van der Waals surface area contributed by atoms with E-state index in [0.29, 0.717) is 0 Å². The molecule has 0 aliphatic carbocycles. The van der Waals surface area contributed by atoms with E-state index >= 15 is 0 Å². The van der Waals surface area contributed by atoms with Gasteiger partial charge in [0, 0.05) is 46.3 Å². The van der Waals surface area contributed by atoms with Gasteiger partial charge in [-0.3, -0.25) is 9.97 Å². The number of fused-ring (bicyclic) bond motifs is 4. The molecule has 5 heteroatoms. The van der Waals surface area contributed by atoms with E-state index in [-0.39, 0.29) is 6.71 Å². The van der Waals surface area contributed by atoms with Crippen LogP contribution in [0.15, 0.2) is 188 Å². The number of anilines is 6. The molecule has 0 unspecified atom stereocenters. The summed E-state index contributed by atoms with van der Waals surface area (Å²) >= 11 is 0. The van der Waals surface area contributed by atoms with Crippen molar-refractivity contribution in [2.24, 2.45) is 0 Å². The molecular weight excluding hydrogens is 619 g/mol. The van der Waals surface area contributed by atoms with Crippen molar-refractivity contribution in [1.82, 2.24) is 9.97 Å². The van der Waals surface area contributed by atoms with E-state index < -0.39 is 0 Å². The fraction of sp³-hybridized carbons (Fsp3) is 0. The maximum absolute atomic E-state index is 4.94. The zero-order valence-corrected chi connectivity index (χ0v) is 27.8. The standard InChI is InChI=1S/C46H31BN4/c1-2-15-32(16-3-1)33-28-30-49-39(31-33)35-18-5-9-23-41(35)51-43-25-11-7-20-37(43)47-36-19-6-10-24-42(36)50(44-26-14-27-45(51)46(44)47)40-22-8-4-17-34(40)38-21-12-13-29-48-38/h1-31H. The molecule has 4 heterocycles. The Morgan fingerprint density at radius 2 is 0.863 bits per heavy atom. The normalized spacial score (nSPS) is 12.6. The Balaban J connectivity index is 1.21. The number of benzene rings is 6. The molecule has 0 N–H and O–H groups in total. The van der Waals surface area contributed by atoms with E-state index in [1.807, 2.05) is 18.5 Å². The molecule has 0 bridgehead atoms. The van der Waals surface area contributed by atoms with Gasteiger partial charge in [0.15, 0.2) is 0 Å². The molecule has 0 saturated heterocycles. The lowest BCUT2D eigenvalue weighted by atomic mass is 9.33. The first-order valence-corrected chi connectivity index (χ1v) is 17.4. The van der Waals surface area contributed by atoms with Gasteiger partial charge in [-0.05, 0) is 88.2 Å². The number of pyridine rings is 2. The van der Waals surface area contributed by atoms with Gasteiger partial charge in [-0.1, -0.05) is 115 Å². The fourth-order valence-electron chi connectivity index (χ4n) is 8.04. The highest BCUT2D eigenvalue weighted by atomic mass is 15.2. The highest BCUT2D eigenvalue weighted by molar-refractivity contribution is 7.00.